The largest absolute Gasteiger partial charge is 0.495 e. The molecule has 0 radical (unpaired) electrons. The minimum Gasteiger partial charge on any atom is -0.495 e. The summed E-state index contributed by atoms with van der Waals surface area (Å²) in [6, 6.07) is 9.41. The summed E-state index contributed by atoms with van der Waals surface area (Å²) < 4.78 is 37.4. The van der Waals surface area contributed by atoms with Gasteiger partial charge in [0.1, 0.15) is 11.4 Å². The highest BCUT2D eigenvalue weighted by molar-refractivity contribution is 7.89. The van der Waals surface area contributed by atoms with E-state index in [1.165, 1.54) is 25.3 Å². The van der Waals surface area contributed by atoms with Crippen molar-refractivity contribution in [2.75, 3.05) is 7.11 Å². The molecule has 0 spiro atoms. The minimum atomic E-state index is -3.79. The SMILES string of the molecule is COc1ccc(S(=O)(=O)NCc2nnc(-c3ccccn3)o2)cc1Cl. The molecule has 0 saturated heterocycles. The fourth-order valence-corrected chi connectivity index (χ4v) is 3.29. The molecule has 3 rings (SSSR count). The van der Waals surface area contributed by atoms with Crippen molar-refractivity contribution < 1.29 is 17.6 Å². The van der Waals surface area contributed by atoms with Crippen molar-refractivity contribution in [3.05, 3.63) is 53.5 Å². The minimum absolute atomic E-state index is 0.00256. The fraction of sp³-hybridized carbons (Fsp3) is 0.133. The van der Waals surface area contributed by atoms with Crippen molar-refractivity contribution in [3.8, 4) is 17.3 Å². The zero-order chi connectivity index (χ0) is 17.9. The van der Waals surface area contributed by atoms with Crippen molar-refractivity contribution in [3.63, 3.8) is 0 Å². The molecule has 10 heteroatoms. The summed E-state index contributed by atoms with van der Waals surface area (Å²) in [5.74, 6) is 0.712. The molecule has 0 amide bonds. The number of hydrogen-bond donors (Lipinski definition) is 1. The monoisotopic (exact) mass is 380 g/mol. The highest BCUT2D eigenvalue weighted by Gasteiger charge is 2.18. The first kappa shape index (κ1) is 17.3. The van der Waals surface area contributed by atoms with Gasteiger partial charge in [-0.1, -0.05) is 17.7 Å². The van der Waals surface area contributed by atoms with Crippen LogP contribution in [0.15, 0.2) is 51.9 Å². The predicted octanol–water partition coefficient (Wildman–Crippen LogP) is 2.27. The quantitative estimate of drug-likeness (QED) is 0.698. The van der Waals surface area contributed by atoms with Crippen LogP contribution in [0.3, 0.4) is 0 Å². The second-order valence-corrected chi connectivity index (χ2v) is 7.01. The summed E-state index contributed by atoms with van der Waals surface area (Å²) in [6.07, 6.45) is 1.59. The lowest BCUT2D eigenvalue weighted by atomic mass is 10.3. The molecule has 0 atom stereocenters. The lowest BCUT2D eigenvalue weighted by molar-refractivity contribution is 0.414. The molecule has 0 saturated carbocycles. The summed E-state index contributed by atoms with van der Waals surface area (Å²) in [5, 5.41) is 7.84. The second kappa shape index (κ2) is 7.18. The predicted molar refractivity (Wildman–Crippen MR) is 89.6 cm³/mol. The van der Waals surface area contributed by atoms with Gasteiger partial charge in [-0.05, 0) is 30.3 Å². The molecule has 0 fully saturated rings. The number of sulfonamides is 1. The molecular weight excluding hydrogens is 368 g/mol. The molecule has 130 valence electrons. The maximum Gasteiger partial charge on any atom is 0.266 e. The van der Waals surface area contributed by atoms with Gasteiger partial charge in [-0.3, -0.25) is 4.98 Å². The summed E-state index contributed by atoms with van der Waals surface area (Å²) in [4.78, 5) is 4.09. The molecule has 0 bridgehead atoms. The van der Waals surface area contributed by atoms with E-state index >= 15 is 0 Å². The van der Waals surface area contributed by atoms with Gasteiger partial charge in [-0.25, -0.2) is 13.1 Å². The van der Waals surface area contributed by atoms with Gasteiger partial charge in [0.2, 0.25) is 15.9 Å². The third-order valence-corrected chi connectivity index (χ3v) is 4.89. The van der Waals surface area contributed by atoms with Gasteiger partial charge in [0, 0.05) is 6.20 Å². The Hall–Kier alpha value is -2.49. The van der Waals surface area contributed by atoms with Crippen LogP contribution in [0.4, 0.5) is 0 Å². The zero-order valence-electron chi connectivity index (χ0n) is 13.0. The van der Waals surface area contributed by atoms with E-state index in [4.69, 9.17) is 20.8 Å². The maximum atomic E-state index is 12.3. The van der Waals surface area contributed by atoms with Gasteiger partial charge in [0.15, 0.2) is 0 Å². The molecule has 0 aliphatic heterocycles. The van der Waals surface area contributed by atoms with E-state index in [1.807, 2.05) is 0 Å². The van der Waals surface area contributed by atoms with Gasteiger partial charge in [-0.2, -0.15) is 0 Å². The lowest BCUT2D eigenvalue weighted by Gasteiger charge is -2.07. The van der Waals surface area contributed by atoms with Gasteiger partial charge in [0.05, 0.1) is 23.6 Å². The van der Waals surface area contributed by atoms with Gasteiger partial charge in [-0.15, -0.1) is 10.2 Å². The van der Waals surface area contributed by atoms with E-state index in [-0.39, 0.29) is 28.2 Å². The molecule has 25 heavy (non-hydrogen) atoms. The van der Waals surface area contributed by atoms with Crippen LogP contribution in [-0.4, -0.2) is 30.7 Å². The number of pyridine rings is 1. The molecule has 0 aliphatic rings. The van der Waals surface area contributed by atoms with Crippen LogP contribution in [0, 0.1) is 0 Å². The Morgan fingerprint density at radius 3 is 2.76 bits per heavy atom. The van der Waals surface area contributed by atoms with Crippen LogP contribution in [0.5, 0.6) is 5.75 Å². The average molecular weight is 381 g/mol. The number of methoxy groups -OCH3 is 1. The Morgan fingerprint density at radius 1 is 1.24 bits per heavy atom. The molecule has 2 aromatic heterocycles. The smallest absolute Gasteiger partial charge is 0.266 e. The van der Waals surface area contributed by atoms with Gasteiger partial charge in [0.25, 0.3) is 5.89 Å². The molecule has 8 nitrogen and oxygen atoms in total. The third-order valence-electron chi connectivity index (χ3n) is 3.20. The number of benzene rings is 1. The van der Waals surface area contributed by atoms with Crippen LogP contribution in [-0.2, 0) is 16.6 Å². The van der Waals surface area contributed by atoms with E-state index in [9.17, 15) is 8.42 Å². The van der Waals surface area contributed by atoms with E-state index in [2.05, 4.69) is 19.9 Å². The molecule has 2 heterocycles. The van der Waals surface area contributed by atoms with Crippen LogP contribution in [0.2, 0.25) is 5.02 Å². The number of aromatic nitrogens is 3. The molecule has 1 aromatic carbocycles. The van der Waals surface area contributed by atoms with E-state index in [1.54, 1.807) is 24.4 Å². The van der Waals surface area contributed by atoms with Crippen LogP contribution < -0.4 is 9.46 Å². The first-order chi connectivity index (χ1) is 12.0. The second-order valence-electron chi connectivity index (χ2n) is 4.84. The molecule has 1 N–H and O–H groups in total. The Labute approximate surface area is 148 Å². The number of halogens is 1. The van der Waals surface area contributed by atoms with Gasteiger partial charge < -0.3 is 9.15 Å². The van der Waals surface area contributed by atoms with E-state index in [0.717, 1.165) is 0 Å². The summed E-state index contributed by atoms with van der Waals surface area (Å²) in [5.41, 5.74) is 0.506. The van der Waals surface area contributed by atoms with Crippen LogP contribution in [0.1, 0.15) is 5.89 Å². The van der Waals surface area contributed by atoms with Crippen molar-refractivity contribution in [1.82, 2.24) is 19.9 Å². The Kier molecular flexibility index (Phi) is 4.98. The fourth-order valence-electron chi connectivity index (χ4n) is 1.97. The van der Waals surface area contributed by atoms with Crippen LogP contribution in [0.25, 0.3) is 11.6 Å². The highest BCUT2D eigenvalue weighted by Crippen LogP contribution is 2.26. The Balaban J connectivity index is 1.72. The third kappa shape index (κ3) is 3.95. The molecular formula is C15H13ClN4O4S. The van der Waals surface area contributed by atoms with Crippen LogP contribution >= 0.6 is 11.6 Å². The topological polar surface area (TPSA) is 107 Å². The Morgan fingerprint density at radius 2 is 2.08 bits per heavy atom. The summed E-state index contributed by atoms with van der Waals surface area (Å²) in [6.45, 7) is -0.161. The van der Waals surface area contributed by atoms with E-state index in [0.29, 0.717) is 11.4 Å². The van der Waals surface area contributed by atoms with Crippen molar-refractivity contribution in [2.45, 2.75) is 11.4 Å². The number of nitrogens with one attached hydrogen (secondary N) is 1. The molecule has 0 unspecified atom stereocenters. The Bertz CT molecular complexity index is 976. The van der Waals surface area contributed by atoms with Crippen molar-refractivity contribution in [2.24, 2.45) is 0 Å². The number of hydrogen-bond acceptors (Lipinski definition) is 7. The highest BCUT2D eigenvalue weighted by atomic mass is 35.5. The number of rotatable bonds is 6. The van der Waals surface area contributed by atoms with E-state index < -0.39 is 10.0 Å². The first-order valence-corrected chi connectivity index (χ1v) is 8.93. The molecule has 3 aromatic rings. The van der Waals surface area contributed by atoms with Crippen molar-refractivity contribution >= 4 is 21.6 Å². The van der Waals surface area contributed by atoms with Gasteiger partial charge >= 0.3 is 0 Å². The van der Waals surface area contributed by atoms with Crippen molar-refractivity contribution in [1.29, 1.82) is 0 Å². The lowest BCUT2D eigenvalue weighted by Crippen LogP contribution is -2.23. The zero-order valence-corrected chi connectivity index (χ0v) is 14.6. The summed E-state index contributed by atoms with van der Waals surface area (Å²) >= 11 is 5.96. The molecule has 0 aliphatic carbocycles. The number of ether oxygens (including phenoxy) is 1. The maximum absolute atomic E-state index is 12.3. The standard InChI is InChI=1S/C15H13ClN4O4S/c1-23-13-6-5-10(8-11(13)16)25(21,22)18-9-14-19-20-15(24-14)12-4-2-3-7-17-12/h2-8,18H,9H2,1H3. The number of nitrogens with zero attached hydrogens (tertiary/aromatic N) is 3. The average Bonchev–Trinajstić information content (AvgIpc) is 3.10. The normalized spacial score (nSPS) is 11.4. The first-order valence-electron chi connectivity index (χ1n) is 7.06. The summed E-state index contributed by atoms with van der Waals surface area (Å²) in [7, 11) is -2.35.